The van der Waals surface area contributed by atoms with Crippen LogP contribution in [0.2, 0.25) is 0 Å². The number of nitrogens with zero attached hydrogens (tertiary/aromatic N) is 2. The van der Waals surface area contributed by atoms with Gasteiger partial charge >= 0.3 is 5.97 Å². The molecule has 2 rings (SSSR count). The molecule has 1 aromatic carbocycles. The van der Waals surface area contributed by atoms with Gasteiger partial charge in [0.1, 0.15) is 11.6 Å². The smallest absolute Gasteiger partial charge is 0.354 e. The number of aromatic nitrogens is 2. The number of hydrogen-bond donors (Lipinski definition) is 1. The molecule has 0 radical (unpaired) electrons. The molecular formula is C13H11FN2O2. The number of benzene rings is 1. The molecule has 5 heteroatoms. The molecule has 18 heavy (non-hydrogen) atoms. The Labute approximate surface area is 103 Å². The largest absolute Gasteiger partial charge is 0.477 e. The molecule has 2 aromatic rings. The van der Waals surface area contributed by atoms with Crippen molar-refractivity contribution in [2.45, 2.75) is 13.8 Å². The summed E-state index contributed by atoms with van der Waals surface area (Å²) in [4.78, 5) is 18.8. The number of hydrogen-bond acceptors (Lipinski definition) is 3. The van der Waals surface area contributed by atoms with Gasteiger partial charge in [0.05, 0.1) is 5.69 Å². The molecule has 1 heterocycles. The Morgan fingerprint density at radius 2 is 1.94 bits per heavy atom. The second kappa shape index (κ2) is 4.52. The van der Waals surface area contributed by atoms with Gasteiger partial charge in [0.2, 0.25) is 0 Å². The predicted molar refractivity (Wildman–Crippen MR) is 63.9 cm³/mol. The van der Waals surface area contributed by atoms with Crippen molar-refractivity contribution in [3.8, 4) is 11.3 Å². The molecule has 92 valence electrons. The van der Waals surface area contributed by atoms with Gasteiger partial charge in [0, 0.05) is 5.56 Å². The van der Waals surface area contributed by atoms with Crippen molar-refractivity contribution < 1.29 is 14.3 Å². The van der Waals surface area contributed by atoms with Gasteiger partial charge in [0.15, 0.2) is 5.69 Å². The lowest BCUT2D eigenvalue weighted by molar-refractivity contribution is 0.0690. The minimum absolute atomic E-state index is 0.0986. The van der Waals surface area contributed by atoms with Crippen LogP contribution in [0, 0.1) is 19.7 Å². The van der Waals surface area contributed by atoms with Crippen LogP contribution < -0.4 is 0 Å². The van der Waals surface area contributed by atoms with Crippen molar-refractivity contribution in [2.75, 3.05) is 0 Å². The summed E-state index contributed by atoms with van der Waals surface area (Å²) in [5.74, 6) is -1.14. The Morgan fingerprint density at radius 3 is 2.56 bits per heavy atom. The summed E-state index contributed by atoms with van der Waals surface area (Å²) in [6.45, 7) is 3.26. The number of carboxylic acid groups (broad SMARTS) is 1. The molecule has 0 spiro atoms. The highest BCUT2D eigenvalue weighted by atomic mass is 19.1. The summed E-state index contributed by atoms with van der Waals surface area (Å²) in [6, 6.07) is 6.00. The Hall–Kier alpha value is -2.30. The van der Waals surface area contributed by atoms with Crippen molar-refractivity contribution in [1.82, 2.24) is 9.97 Å². The molecule has 1 N–H and O–H groups in total. The summed E-state index contributed by atoms with van der Waals surface area (Å²) in [6.07, 6.45) is 0. The lowest BCUT2D eigenvalue weighted by atomic mass is 10.1. The molecular weight excluding hydrogens is 235 g/mol. The van der Waals surface area contributed by atoms with E-state index in [1.54, 1.807) is 26.0 Å². The van der Waals surface area contributed by atoms with E-state index >= 15 is 0 Å². The first kappa shape index (κ1) is 12.2. The van der Waals surface area contributed by atoms with Crippen LogP contribution in [0.4, 0.5) is 4.39 Å². The van der Waals surface area contributed by atoms with Crippen LogP contribution >= 0.6 is 0 Å². The van der Waals surface area contributed by atoms with Crippen molar-refractivity contribution in [1.29, 1.82) is 0 Å². The fraction of sp³-hybridized carbons (Fsp3) is 0.154. The summed E-state index contributed by atoms with van der Waals surface area (Å²) < 4.78 is 13.5. The zero-order chi connectivity index (χ0) is 13.3. The van der Waals surface area contributed by atoms with Crippen molar-refractivity contribution in [3.63, 3.8) is 0 Å². The molecule has 0 aliphatic heterocycles. The molecule has 0 amide bonds. The predicted octanol–water partition coefficient (Wildman–Crippen LogP) is 2.60. The fourth-order valence-electron chi connectivity index (χ4n) is 1.58. The van der Waals surface area contributed by atoms with Crippen LogP contribution in [-0.4, -0.2) is 21.0 Å². The molecule has 0 aliphatic carbocycles. The van der Waals surface area contributed by atoms with E-state index in [0.29, 0.717) is 22.6 Å². The molecule has 0 fully saturated rings. The average Bonchev–Trinajstić information content (AvgIpc) is 2.31. The molecule has 0 saturated carbocycles. The summed E-state index contributed by atoms with van der Waals surface area (Å²) in [5.41, 5.74) is 1.37. The molecule has 0 atom stereocenters. The quantitative estimate of drug-likeness (QED) is 0.884. The number of carboxylic acids is 1. The van der Waals surface area contributed by atoms with E-state index in [4.69, 9.17) is 5.11 Å². The maximum absolute atomic E-state index is 13.5. The van der Waals surface area contributed by atoms with Crippen LogP contribution in [0.15, 0.2) is 24.3 Å². The van der Waals surface area contributed by atoms with Gasteiger partial charge in [-0.15, -0.1) is 0 Å². The van der Waals surface area contributed by atoms with Crippen molar-refractivity contribution in [3.05, 3.63) is 47.2 Å². The zero-order valence-corrected chi connectivity index (χ0v) is 9.94. The van der Waals surface area contributed by atoms with E-state index in [0.717, 1.165) is 0 Å². The Bertz CT molecular complexity index is 626. The monoisotopic (exact) mass is 246 g/mol. The molecule has 0 bridgehead atoms. The molecule has 0 saturated heterocycles. The Morgan fingerprint density at radius 1 is 1.22 bits per heavy atom. The van der Waals surface area contributed by atoms with Crippen LogP contribution in [0.3, 0.4) is 0 Å². The topological polar surface area (TPSA) is 63.1 Å². The lowest BCUT2D eigenvalue weighted by Crippen LogP contribution is -2.04. The van der Waals surface area contributed by atoms with E-state index in [2.05, 4.69) is 9.97 Å². The third-order valence-corrected chi connectivity index (χ3v) is 2.52. The van der Waals surface area contributed by atoms with Crippen LogP contribution in [0.5, 0.6) is 0 Å². The third-order valence-electron chi connectivity index (χ3n) is 2.52. The number of aromatic carboxylic acids is 1. The van der Waals surface area contributed by atoms with Crippen LogP contribution in [0.1, 0.15) is 21.9 Å². The lowest BCUT2D eigenvalue weighted by Gasteiger charge is -2.05. The Kier molecular flexibility index (Phi) is 3.06. The summed E-state index contributed by atoms with van der Waals surface area (Å²) >= 11 is 0. The van der Waals surface area contributed by atoms with Crippen LogP contribution in [0.25, 0.3) is 11.3 Å². The summed E-state index contributed by atoms with van der Waals surface area (Å²) in [5, 5.41) is 8.91. The highest BCUT2D eigenvalue weighted by Gasteiger charge is 2.10. The average molecular weight is 246 g/mol. The van der Waals surface area contributed by atoms with E-state index in [1.165, 1.54) is 12.1 Å². The standard InChI is InChI=1S/C13H11FN2O2/c1-7-3-4-9(5-10(7)14)11-6-12(13(17)18)16-8(2)15-11/h3-6H,1-2H3,(H,17,18). The van der Waals surface area contributed by atoms with E-state index in [-0.39, 0.29) is 11.5 Å². The van der Waals surface area contributed by atoms with Crippen molar-refractivity contribution in [2.24, 2.45) is 0 Å². The zero-order valence-electron chi connectivity index (χ0n) is 9.94. The first-order valence-corrected chi connectivity index (χ1v) is 5.33. The van der Waals surface area contributed by atoms with Gasteiger partial charge in [-0.25, -0.2) is 19.2 Å². The molecule has 0 aliphatic rings. The van der Waals surface area contributed by atoms with Gasteiger partial charge in [-0.2, -0.15) is 0 Å². The number of rotatable bonds is 2. The summed E-state index contributed by atoms with van der Waals surface area (Å²) in [7, 11) is 0. The highest BCUT2D eigenvalue weighted by molar-refractivity contribution is 5.86. The molecule has 0 unspecified atom stereocenters. The van der Waals surface area contributed by atoms with Crippen LogP contribution in [-0.2, 0) is 0 Å². The highest BCUT2D eigenvalue weighted by Crippen LogP contribution is 2.20. The number of carbonyl (C=O) groups is 1. The van der Waals surface area contributed by atoms with E-state index in [9.17, 15) is 9.18 Å². The van der Waals surface area contributed by atoms with E-state index in [1.807, 2.05) is 0 Å². The molecule has 4 nitrogen and oxygen atoms in total. The minimum Gasteiger partial charge on any atom is -0.477 e. The number of aryl methyl sites for hydroxylation is 2. The molecule has 1 aromatic heterocycles. The normalized spacial score (nSPS) is 10.4. The second-order valence-electron chi connectivity index (χ2n) is 3.95. The van der Waals surface area contributed by atoms with Crippen molar-refractivity contribution >= 4 is 5.97 Å². The number of halogens is 1. The van der Waals surface area contributed by atoms with Gasteiger partial charge in [0.25, 0.3) is 0 Å². The SMILES string of the molecule is Cc1nc(C(=O)O)cc(-c2ccc(C)c(F)c2)n1. The van der Waals surface area contributed by atoms with E-state index < -0.39 is 5.97 Å². The van der Waals surface area contributed by atoms with Gasteiger partial charge in [-0.05, 0) is 31.5 Å². The maximum atomic E-state index is 13.5. The Balaban J connectivity index is 2.56. The maximum Gasteiger partial charge on any atom is 0.354 e. The first-order valence-electron chi connectivity index (χ1n) is 5.33. The minimum atomic E-state index is -1.13. The first-order chi connectivity index (χ1) is 8.47. The van der Waals surface area contributed by atoms with Gasteiger partial charge in [-0.1, -0.05) is 12.1 Å². The third kappa shape index (κ3) is 2.34. The van der Waals surface area contributed by atoms with Gasteiger partial charge < -0.3 is 5.11 Å². The fourth-order valence-corrected chi connectivity index (χ4v) is 1.58. The van der Waals surface area contributed by atoms with Gasteiger partial charge in [-0.3, -0.25) is 0 Å². The second-order valence-corrected chi connectivity index (χ2v) is 3.95.